The van der Waals surface area contributed by atoms with Crippen molar-refractivity contribution < 1.29 is 35.7 Å². The fraction of sp³-hybridized carbons (Fsp3) is 0.235. The van der Waals surface area contributed by atoms with E-state index in [4.69, 9.17) is 4.55 Å². The maximum atomic E-state index is 12.8. The van der Waals surface area contributed by atoms with Crippen molar-refractivity contribution in [2.24, 2.45) is 0 Å². The van der Waals surface area contributed by atoms with Gasteiger partial charge in [-0.1, -0.05) is 42.5 Å². The number of carbonyl (C=O) groups excluding carboxylic acids is 1. The van der Waals surface area contributed by atoms with Crippen molar-refractivity contribution in [2.75, 3.05) is 5.75 Å². The van der Waals surface area contributed by atoms with Crippen LogP contribution in [0.15, 0.2) is 54.6 Å². The van der Waals surface area contributed by atoms with Crippen LogP contribution in [0.25, 0.3) is 0 Å². The second kappa shape index (κ2) is 7.88. The van der Waals surface area contributed by atoms with Crippen molar-refractivity contribution in [1.82, 2.24) is 0 Å². The Labute approximate surface area is 148 Å². The summed E-state index contributed by atoms with van der Waals surface area (Å²) in [7, 11) is -4.97. The third-order valence-corrected chi connectivity index (χ3v) is 4.14. The van der Waals surface area contributed by atoms with Gasteiger partial charge in [0, 0.05) is 0 Å². The van der Waals surface area contributed by atoms with Crippen LogP contribution in [0.5, 0.6) is 0 Å². The van der Waals surface area contributed by atoms with Crippen LogP contribution in [0, 0.1) is 0 Å². The predicted octanol–water partition coefficient (Wildman–Crippen LogP) is 3.25. The fourth-order valence-electron chi connectivity index (χ4n) is 2.17. The molecule has 2 aromatic carbocycles. The SMILES string of the molecule is O=C(OC(CS(=O)(=O)O)C(F)(F)F)c1ccc(Cc2ccccc2)cc1. The van der Waals surface area contributed by atoms with E-state index < -0.39 is 34.1 Å². The van der Waals surface area contributed by atoms with Gasteiger partial charge in [-0.3, -0.25) is 4.55 Å². The lowest BCUT2D eigenvalue weighted by molar-refractivity contribution is -0.197. The van der Waals surface area contributed by atoms with E-state index in [1.54, 1.807) is 12.1 Å². The molecule has 0 amide bonds. The van der Waals surface area contributed by atoms with Crippen LogP contribution in [0.1, 0.15) is 21.5 Å². The van der Waals surface area contributed by atoms with E-state index in [9.17, 15) is 26.4 Å². The Morgan fingerprint density at radius 3 is 2.04 bits per heavy atom. The molecule has 0 bridgehead atoms. The molecular formula is C17H15F3O5S. The topological polar surface area (TPSA) is 80.7 Å². The van der Waals surface area contributed by atoms with Crippen molar-refractivity contribution in [2.45, 2.75) is 18.7 Å². The molecule has 140 valence electrons. The van der Waals surface area contributed by atoms with Crippen LogP contribution < -0.4 is 0 Å². The summed E-state index contributed by atoms with van der Waals surface area (Å²) in [5.74, 6) is -3.09. The van der Waals surface area contributed by atoms with E-state index in [2.05, 4.69) is 4.74 Å². The molecule has 0 aliphatic heterocycles. The molecule has 1 unspecified atom stereocenters. The van der Waals surface area contributed by atoms with Gasteiger partial charge >= 0.3 is 12.1 Å². The smallest absolute Gasteiger partial charge is 0.426 e. The van der Waals surface area contributed by atoms with E-state index in [1.165, 1.54) is 12.1 Å². The number of benzene rings is 2. The molecule has 0 aliphatic carbocycles. The van der Waals surface area contributed by atoms with Gasteiger partial charge in [0.05, 0.1) is 5.56 Å². The third kappa shape index (κ3) is 6.16. The van der Waals surface area contributed by atoms with Gasteiger partial charge in [-0.05, 0) is 29.7 Å². The van der Waals surface area contributed by atoms with E-state index in [-0.39, 0.29) is 5.56 Å². The summed E-state index contributed by atoms with van der Waals surface area (Å²) < 4.78 is 72.5. The molecule has 26 heavy (non-hydrogen) atoms. The number of hydrogen-bond acceptors (Lipinski definition) is 4. The molecule has 2 aromatic rings. The van der Waals surface area contributed by atoms with Crippen LogP contribution in [-0.4, -0.2) is 37.0 Å². The molecule has 0 radical (unpaired) electrons. The lowest BCUT2D eigenvalue weighted by Crippen LogP contribution is -2.39. The summed E-state index contributed by atoms with van der Waals surface area (Å²) >= 11 is 0. The Balaban J connectivity index is 2.08. The van der Waals surface area contributed by atoms with Gasteiger partial charge in [0.15, 0.2) is 0 Å². The number of alkyl halides is 3. The maximum absolute atomic E-state index is 12.8. The van der Waals surface area contributed by atoms with Crippen LogP contribution in [0.3, 0.4) is 0 Å². The molecule has 1 N–H and O–H groups in total. The molecule has 1 atom stereocenters. The zero-order valence-corrected chi connectivity index (χ0v) is 14.1. The Hall–Kier alpha value is -2.39. The minimum atomic E-state index is -5.13. The van der Waals surface area contributed by atoms with Crippen molar-refractivity contribution in [3.8, 4) is 0 Å². The molecule has 0 saturated heterocycles. The summed E-state index contributed by atoms with van der Waals surface area (Å²) in [6.45, 7) is 0. The largest absolute Gasteiger partial charge is 0.448 e. The molecule has 0 aromatic heterocycles. The minimum Gasteiger partial charge on any atom is -0.448 e. The van der Waals surface area contributed by atoms with Gasteiger partial charge in [-0.25, -0.2) is 4.79 Å². The van der Waals surface area contributed by atoms with Gasteiger partial charge in [0.1, 0.15) is 5.75 Å². The zero-order chi connectivity index (χ0) is 19.4. The zero-order valence-electron chi connectivity index (χ0n) is 13.3. The Bertz CT molecular complexity index is 846. The monoisotopic (exact) mass is 388 g/mol. The highest BCUT2D eigenvalue weighted by molar-refractivity contribution is 7.85. The first kappa shape index (κ1) is 19.9. The number of carbonyl (C=O) groups is 1. The molecular weight excluding hydrogens is 373 g/mol. The van der Waals surface area contributed by atoms with Crippen molar-refractivity contribution in [3.63, 3.8) is 0 Å². The van der Waals surface area contributed by atoms with E-state index >= 15 is 0 Å². The van der Waals surface area contributed by atoms with Crippen LogP contribution >= 0.6 is 0 Å². The number of rotatable bonds is 6. The lowest BCUT2D eigenvalue weighted by atomic mass is 10.0. The standard InChI is InChI=1S/C17H15F3O5S/c18-17(19,20)15(11-26(22,23)24)25-16(21)14-8-6-13(7-9-14)10-12-4-2-1-3-5-12/h1-9,15H,10-11H2,(H,22,23,24). The summed E-state index contributed by atoms with van der Waals surface area (Å²) in [6.07, 6.45) is -7.50. The van der Waals surface area contributed by atoms with Gasteiger partial charge in [-0.15, -0.1) is 0 Å². The Morgan fingerprint density at radius 1 is 1.00 bits per heavy atom. The Morgan fingerprint density at radius 2 is 1.54 bits per heavy atom. The summed E-state index contributed by atoms with van der Waals surface area (Å²) in [6, 6.07) is 15.1. The highest BCUT2D eigenvalue weighted by atomic mass is 32.2. The average molecular weight is 388 g/mol. The third-order valence-electron chi connectivity index (χ3n) is 3.42. The normalized spacial score (nSPS) is 13.2. The van der Waals surface area contributed by atoms with E-state index in [0.29, 0.717) is 6.42 Å². The summed E-state index contributed by atoms with van der Waals surface area (Å²) in [5.41, 5.74) is 1.69. The number of halogens is 3. The van der Waals surface area contributed by atoms with E-state index in [0.717, 1.165) is 11.1 Å². The number of hydrogen-bond donors (Lipinski definition) is 1. The van der Waals surface area contributed by atoms with Gasteiger partial charge in [0.25, 0.3) is 10.1 Å². The second-order valence-electron chi connectivity index (χ2n) is 5.54. The van der Waals surface area contributed by atoms with Gasteiger partial charge < -0.3 is 4.74 Å². The van der Waals surface area contributed by atoms with Gasteiger partial charge in [0.2, 0.25) is 6.10 Å². The van der Waals surface area contributed by atoms with Crippen molar-refractivity contribution in [1.29, 1.82) is 0 Å². The highest BCUT2D eigenvalue weighted by Gasteiger charge is 2.45. The lowest BCUT2D eigenvalue weighted by Gasteiger charge is -2.19. The first-order valence-electron chi connectivity index (χ1n) is 7.40. The van der Waals surface area contributed by atoms with Crippen molar-refractivity contribution in [3.05, 3.63) is 71.3 Å². The number of ether oxygens (including phenoxy) is 1. The maximum Gasteiger partial charge on any atom is 0.426 e. The van der Waals surface area contributed by atoms with Crippen molar-refractivity contribution >= 4 is 16.1 Å². The number of esters is 1. The van der Waals surface area contributed by atoms with Crippen LogP contribution in [0.2, 0.25) is 0 Å². The predicted molar refractivity (Wildman–Crippen MR) is 87.4 cm³/mol. The van der Waals surface area contributed by atoms with Gasteiger partial charge in [-0.2, -0.15) is 21.6 Å². The molecule has 0 heterocycles. The van der Waals surface area contributed by atoms with E-state index in [1.807, 2.05) is 30.3 Å². The molecule has 0 aliphatic rings. The van der Waals surface area contributed by atoms with Crippen LogP contribution in [0.4, 0.5) is 13.2 Å². The first-order valence-corrected chi connectivity index (χ1v) is 9.01. The second-order valence-corrected chi connectivity index (χ2v) is 7.04. The summed E-state index contributed by atoms with van der Waals surface area (Å²) in [4.78, 5) is 11.9. The summed E-state index contributed by atoms with van der Waals surface area (Å²) in [5, 5.41) is 0. The molecule has 0 fully saturated rings. The molecule has 5 nitrogen and oxygen atoms in total. The highest BCUT2D eigenvalue weighted by Crippen LogP contribution is 2.25. The molecule has 2 rings (SSSR count). The average Bonchev–Trinajstić information content (AvgIpc) is 2.54. The molecule has 9 heteroatoms. The molecule has 0 saturated carbocycles. The Kier molecular flexibility index (Phi) is 6.04. The first-order chi connectivity index (χ1) is 12.0. The fourth-order valence-corrected chi connectivity index (χ4v) is 2.81. The van der Waals surface area contributed by atoms with Crippen LogP contribution in [-0.2, 0) is 21.3 Å². The molecule has 0 spiro atoms. The minimum absolute atomic E-state index is 0.161. The quantitative estimate of drug-likeness (QED) is 0.607.